The molecule has 0 aromatic carbocycles. The van der Waals surface area contributed by atoms with Crippen molar-refractivity contribution in [1.82, 2.24) is 14.8 Å². The maximum Gasteiger partial charge on any atom is 0.228 e. The minimum atomic E-state index is 0.161. The molecule has 22 heavy (non-hydrogen) atoms. The van der Waals surface area contributed by atoms with Gasteiger partial charge in [-0.25, -0.2) is 0 Å². The summed E-state index contributed by atoms with van der Waals surface area (Å²) in [6, 6.07) is 0. The molecule has 1 aromatic heterocycles. The highest BCUT2D eigenvalue weighted by molar-refractivity contribution is 7.99. The predicted octanol–water partition coefficient (Wildman–Crippen LogP) is 1.78. The zero-order valence-corrected chi connectivity index (χ0v) is 14.1. The molecule has 6 nitrogen and oxygen atoms in total. The standard InChI is InChI=1S/C15H26N4O2S/c1-12-4-6-18(7-5-12)14-16-17-15(22-10-8-20)19(14)11-13-3-2-9-21-13/h12-13,20H,2-11H2,1H3/t13-/m1/s1. The second kappa shape index (κ2) is 7.66. The Bertz CT molecular complexity index is 468. The van der Waals surface area contributed by atoms with Gasteiger partial charge in [0.25, 0.3) is 0 Å². The SMILES string of the molecule is CC1CCN(c2nnc(SCCO)n2C[C@H]2CCCO2)CC1. The predicted molar refractivity (Wildman–Crippen MR) is 87.4 cm³/mol. The normalized spacial score (nSPS) is 23.4. The van der Waals surface area contributed by atoms with Crippen molar-refractivity contribution >= 4 is 17.7 Å². The zero-order valence-electron chi connectivity index (χ0n) is 13.3. The molecule has 0 unspecified atom stereocenters. The number of thioether (sulfide) groups is 1. The van der Waals surface area contributed by atoms with E-state index in [4.69, 9.17) is 9.84 Å². The quantitative estimate of drug-likeness (QED) is 0.804. The van der Waals surface area contributed by atoms with Crippen LogP contribution in [0.4, 0.5) is 5.95 Å². The molecule has 7 heteroatoms. The van der Waals surface area contributed by atoms with Crippen LogP contribution in [0.1, 0.15) is 32.6 Å². The molecule has 3 heterocycles. The molecule has 1 atom stereocenters. The number of ether oxygens (including phenoxy) is 1. The first-order valence-electron chi connectivity index (χ1n) is 8.31. The molecular formula is C15H26N4O2S. The fourth-order valence-electron chi connectivity index (χ4n) is 3.12. The Hall–Kier alpha value is -0.790. The Labute approximate surface area is 136 Å². The van der Waals surface area contributed by atoms with E-state index in [1.165, 1.54) is 12.8 Å². The van der Waals surface area contributed by atoms with Gasteiger partial charge in [0.2, 0.25) is 5.95 Å². The van der Waals surface area contributed by atoms with Crippen LogP contribution >= 0.6 is 11.8 Å². The third-order valence-corrected chi connectivity index (χ3v) is 5.44. The number of aliphatic hydroxyl groups excluding tert-OH is 1. The molecule has 0 saturated carbocycles. The first-order chi connectivity index (χ1) is 10.8. The van der Waals surface area contributed by atoms with E-state index in [2.05, 4.69) is 26.6 Å². The Kier molecular flexibility index (Phi) is 5.60. The summed E-state index contributed by atoms with van der Waals surface area (Å²) in [6.07, 6.45) is 4.95. The highest BCUT2D eigenvalue weighted by Crippen LogP contribution is 2.27. The van der Waals surface area contributed by atoms with Crippen LogP contribution in [0.3, 0.4) is 0 Å². The van der Waals surface area contributed by atoms with Crippen LogP contribution in [0.25, 0.3) is 0 Å². The second-order valence-corrected chi connectivity index (χ2v) is 7.33. The van der Waals surface area contributed by atoms with Crippen LogP contribution in [-0.2, 0) is 11.3 Å². The Morgan fingerprint density at radius 3 is 2.77 bits per heavy atom. The smallest absolute Gasteiger partial charge is 0.228 e. The van der Waals surface area contributed by atoms with Gasteiger partial charge < -0.3 is 14.7 Å². The van der Waals surface area contributed by atoms with Gasteiger partial charge in [-0.15, -0.1) is 10.2 Å². The van der Waals surface area contributed by atoms with Crippen molar-refractivity contribution in [3.63, 3.8) is 0 Å². The van der Waals surface area contributed by atoms with Crippen LogP contribution in [0, 0.1) is 5.92 Å². The molecule has 1 N–H and O–H groups in total. The van der Waals surface area contributed by atoms with Gasteiger partial charge in [0.1, 0.15) is 0 Å². The van der Waals surface area contributed by atoms with Crippen LogP contribution < -0.4 is 4.90 Å². The Morgan fingerprint density at radius 2 is 2.09 bits per heavy atom. The fourth-order valence-corrected chi connectivity index (χ4v) is 3.80. The summed E-state index contributed by atoms with van der Waals surface area (Å²) in [6.45, 7) is 6.26. The number of anilines is 1. The van der Waals surface area contributed by atoms with Gasteiger partial charge in [-0.1, -0.05) is 18.7 Å². The van der Waals surface area contributed by atoms with E-state index in [9.17, 15) is 0 Å². The van der Waals surface area contributed by atoms with Gasteiger partial charge in [-0.05, 0) is 31.6 Å². The summed E-state index contributed by atoms with van der Waals surface area (Å²) in [5.41, 5.74) is 0. The van der Waals surface area contributed by atoms with Crippen LogP contribution in [-0.4, -0.2) is 58.0 Å². The molecule has 2 fully saturated rings. The van der Waals surface area contributed by atoms with Crippen molar-refractivity contribution in [2.24, 2.45) is 5.92 Å². The number of aliphatic hydroxyl groups is 1. The largest absolute Gasteiger partial charge is 0.396 e. The second-order valence-electron chi connectivity index (χ2n) is 6.27. The van der Waals surface area contributed by atoms with Gasteiger partial charge in [0.05, 0.1) is 19.3 Å². The zero-order chi connectivity index (χ0) is 15.4. The van der Waals surface area contributed by atoms with Gasteiger partial charge in [-0.2, -0.15) is 0 Å². The summed E-state index contributed by atoms with van der Waals surface area (Å²) < 4.78 is 7.99. The minimum absolute atomic E-state index is 0.161. The number of piperidine rings is 1. The summed E-state index contributed by atoms with van der Waals surface area (Å²) in [7, 11) is 0. The highest BCUT2D eigenvalue weighted by Gasteiger charge is 2.25. The van der Waals surface area contributed by atoms with Crippen LogP contribution in [0.15, 0.2) is 5.16 Å². The average Bonchev–Trinajstić information content (AvgIpc) is 3.17. The maximum absolute atomic E-state index is 9.07. The molecule has 0 aliphatic carbocycles. The first-order valence-corrected chi connectivity index (χ1v) is 9.30. The van der Waals surface area contributed by atoms with E-state index in [0.29, 0.717) is 5.75 Å². The maximum atomic E-state index is 9.07. The first kappa shape index (κ1) is 16.1. The molecule has 0 radical (unpaired) electrons. The van der Waals surface area contributed by atoms with E-state index >= 15 is 0 Å². The molecular weight excluding hydrogens is 300 g/mol. The van der Waals surface area contributed by atoms with Crippen molar-refractivity contribution in [3.8, 4) is 0 Å². The van der Waals surface area contributed by atoms with E-state index < -0.39 is 0 Å². The summed E-state index contributed by atoms with van der Waals surface area (Å²) in [4.78, 5) is 2.35. The molecule has 124 valence electrons. The summed E-state index contributed by atoms with van der Waals surface area (Å²) in [5.74, 6) is 2.43. The number of nitrogens with zero attached hydrogens (tertiary/aromatic N) is 4. The number of rotatable bonds is 6. The lowest BCUT2D eigenvalue weighted by Crippen LogP contribution is -2.35. The summed E-state index contributed by atoms with van der Waals surface area (Å²) >= 11 is 1.57. The van der Waals surface area contributed by atoms with Crippen molar-refractivity contribution in [2.75, 3.05) is 37.0 Å². The van der Waals surface area contributed by atoms with E-state index in [1.54, 1.807) is 11.8 Å². The van der Waals surface area contributed by atoms with E-state index in [-0.39, 0.29) is 12.7 Å². The fraction of sp³-hybridized carbons (Fsp3) is 0.867. The lowest BCUT2D eigenvalue weighted by molar-refractivity contribution is 0.0951. The summed E-state index contributed by atoms with van der Waals surface area (Å²) in [5, 5.41) is 18.8. The molecule has 3 rings (SSSR count). The van der Waals surface area contributed by atoms with Crippen LogP contribution in [0.5, 0.6) is 0 Å². The monoisotopic (exact) mass is 326 g/mol. The van der Waals surface area contributed by atoms with Crippen molar-refractivity contribution in [1.29, 1.82) is 0 Å². The topological polar surface area (TPSA) is 63.4 Å². The molecule has 2 aliphatic heterocycles. The molecule has 2 aliphatic rings. The Balaban J connectivity index is 1.76. The van der Waals surface area contributed by atoms with Crippen molar-refractivity contribution < 1.29 is 9.84 Å². The molecule has 2 saturated heterocycles. The van der Waals surface area contributed by atoms with Gasteiger partial charge in [0, 0.05) is 25.4 Å². The van der Waals surface area contributed by atoms with Crippen LogP contribution in [0.2, 0.25) is 0 Å². The highest BCUT2D eigenvalue weighted by atomic mass is 32.2. The molecule has 0 bridgehead atoms. The van der Waals surface area contributed by atoms with Gasteiger partial charge >= 0.3 is 0 Å². The molecule has 0 amide bonds. The molecule has 1 aromatic rings. The molecule has 0 spiro atoms. The Morgan fingerprint density at radius 1 is 1.27 bits per heavy atom. The van der Waals surface area contributed by atoms with Gasteiger partial charge in [-0.3, -0.25) is 4.57 Å². The minimum Gasteiger partial charge on any atom is -0.396 e. The van der Waals surface area contributed by atoms with Crippen molar-refractivity contribution in [3.05, 3.63) is 0 Å². The third-order valence-electron chi connectivity index (χ3n) is 4.50. The lowest BCUT2D eigenvalue weighted by Gasteiger charge is -2.31. The van der Waals surface area contributed by atoms with E-state index in [1.807, 2.05) is 0 Å². The van der Waals surface area contributed by atoms with Crippen molar-refractivity contribution in [2.45, 2.75) is 50.4 Å². The third kappa shape index (κ3) is 3.75. The van der Waals surface area contributed by atoms with Gasteiger partial charge in [0.15, 0.2) is 5.16 Å². The van der Waals surface area contributed by atoms with E-state index in [0.717, 1.165) is 56.1 Å². The number of aromatic nitrogens is 3. The average molecular weight is 326 g/mol. The number of hydrogen-bond acceptors (Lipinski definition) is 6. The number of hydrogen-bond donors (Lipinski definition) is 1. The lowest BCUT2D eigenvalue weighted by atomic mass is 10.00.